The number of hydrogen-bond donors (Lipinski definition) is 2. The molecule has 0 aliphatic rings. The third-order valence-electron chi connectivity index (χ3n) is 5.45. The fourth-order valence-corrected chi connectivity index (χ4v) is 3.58. The molecule has 0 heterocycles. The van der Waals surface area contributed by atoms with E-state index in [1.165, 1.54) is 18.2 Å². The number of hydrogen-bond acceptors (Lipinski definition) is 2. The van der Waals surface area contributed by atoms with Crippen molar-refractivity contribution in [2.75, 3.05) is 10.6 Å². The zero-order valence-corrected chi connectivity index (χ0v) is 19.4. The van der Waals surface area contributed by atoms with E-state index < -0.39 is 46.6 Å². The summed E-state index contributed by atoms with van der Waals surface area (Å²) in [6, 6.07) is 10.9. The molecule has 4 nitrogen and oxygen atoms in total. The summed E-state index contributed by atoms with van der Waals surface area (Å²) in [5.74, 6) is -12.5. The SMILES string of the molecule is CC(C)c1cccc(C(C)C)c1NC(=O)c1cccc(C(=O)Nc2c(F)c(F)c(F)c(F)c2F)c1. The van der Waals surface area contributed by atoms with Gasteiger partial charge in [-0.25, -0.2) is 22.0 Å². The molecule has 0 saturated carbocycles. The molecule has 9 heteroatoms. The number of rotatable bonds is 6. The van der Waals surface area contributed by atoms with E-state index in [4.69, 9.17) is 0 Å². The summed E-state index contributed by atoms with van der Waals surface area (Å²) >= 11 is 0. The van der Waals surface area contributed by atoms with E-state index in [0.717, 1.165) is 17.2 Å². The highest BCUT2D eigenvalue weighted by molar-refractivity contribution is 6.09. The van der Waals surface area contributed by atoms with Gasteiger partial charge in [0.05, 0.1) is 0 Å². The van der Waals surface area contributed by atoms with Crippen LogP contribution in [0.4, 0.5) is 33.3 Å². The summed E-state index contributed by atoms with van der Waals surface area (Å²) in [6.45, 7) is 7.94. The predicted octanol–water partition coefficient (Wildman–Crippen LogP) is 7.13. The van der Waals surface area contributed by atoms with Gasteiger partial charge in [0, 0.05) is 16.8 Å². The van der Waals surface area contributed by atoms with Crippen molar-refractivity contribution >= 4 is 23.2 Å². The normalized spacial score (nSPS) is 11.2. The van der Waals surface area contributed by atoms with Gasteiger partial charge < -0.3 is 10.6 Å². The van der Waals surface area contributed by atoms with E-state index >= 15 is 0 Å². The van der Waals surface area contributed by atoms with Gasteiger partial charge in [0.2, 0.25) is 5.82 Å². The van der Waals surface area contributed by atoms with Gasteiger partial charge in [-0.2, -0.15) is 0 Å². The second-order valence-electron chi connectivity index (χ2n) is 8.55. The van der Waals surface area contributed by atoms with Crippen LogP contribution >= 0.6 is 0 Å². The molecular formula is C26H23F5N2O2. The van der Waals surface area contributed by atoms with Crippen LogP contribution in [-0.4, -0.2) is 11.8 Å². The van der Waals surface area contributed by atoms with Crippen LogP contribution < -0.4 is 10.6 Å². The maximum atomic E-state index is 13.9. The Labute approximate surface area is 199 Å². The fraction of sp³-hybridized carbons (Fsp3) is 0.231. The van der Waals surface area contributed by atoms with Gasteiger partial charge in [-0.05, 0) is 41.2 Å². The Bertz CT molecular complexity index is 1250. The van der Waals surface area contributed by atoms with Crippen molar-refractivity contribution in [3.8, 4) is 0 Å². The van der Waals surface area contributed by atoms with Gasteiger partial charge in [-0.15, -0.1) is 0 Å². The Morgan fingerprint density at radius 2 is 0.971 bits per heavy atom. The van der Waals surface area contributed by atoms with Crippen LogP contribution in [0.25, 0.3) is 0 Å². The average molecular weight is 490 g/mol. The summed E-state index contributed by atoms with van der Waals surface area (Å²) < 4.78 is 68.0. The van der Waals surface area contributed by atoms with Gasteiger partial charge in [-0.1, -0.05) is 52.0 Å². The second-order valence-corrected chi connectivity index (χ2v) is 8.55. The minimum Gasteiger partial charge on any atom is -0.321 e. The van der Waals surface area contributed by atoms with E-state index in [1.807, 2.05) is 45.9 Å². The maximum Gasteiger partial charge on any atom is 0.255 e. The highest BCUT2D eigenvalue weighted by Crippen LogP contribution is 2.33. The van der Waals surface area contributed by atoms with Crippen LogP contribution in [0.5, 0.6) is 0 Å². The molecule has 0 aliphatic carbocycles. The first-order valence-electron chi connectivity index (χ1n) is 10.8. The van der Waals surface area contributed by atoms with Crippen molar-refractivity contribution in [2.24, 2.45) is 0 Å². The molecule has 0 spiro atoms. The molecule has 0 aromatic heterocycles. The molecule has 0 unspecified atom stereocenters. The quantitative estimate of drug-likeness (QED) is 0.219. The van der Waals surface area contributed by atoms with Crippen LogP contribution in [0.2, 0.25) is 0 Å². The number of nitrogens with one attached hydrogen (secondary N) is 2. The number of para-hydroxylation sites is 1. The topological polar surface area (TPSA) is 58.2 Å². The van der Waals surface area contributed by atoms with Gasteiger partial charge in [0.25, 0.3) is 11.8 Å². The lowest BCUT2D eigenvalue weighted by Gasteiger charge is -2.20. The van der Waals surface area contributed by atoms with Crippen molar-refractivity contribution < 1.29 is 31.5 Å². The molecule has 0 saturated heterocycles. The smallest absolute Gasteiger partial charge is 0.255 e. The molecule has 3 aromatic carbocycles. The van der Waals surface area contributed by atoms with Crippen molar-refractivity contribution in [1.29, 1.82) is 0 Å². The molecule has 35 heavy (non-hydrogen) atoms. The highest BCUT2D eigenvalue weighted by atomic mass is 19.2. The second kappa shape index (κ2) is 10.2. The average Bonchev–Trinajstić information content (AvgIpc) is 2.83. The van der Waals surface area contributed by atoms with Gasteiger partial charge in [0.15, 0.2) is 23.3 Å². The molecule has 2 amide bonds. The standard InChI is InChI=1S/C26H23F5N2O2/c1-12(2)16-9-6-10-17(13(3)4)23(16)32-25(34)14-7-5-8-15(11-14)26(35)33-24-21(30)19(28)18(27)20(29)22(24)31/h5-13H,1-4H3,(H,32,34)(H,33,35). The van der Waals surface area contributed by atoms with Crippen molar-refractivity contribution in [3.05, 3.63) is 93.8 Å². The first-order chi connectivity index (χ1) is 16.4. The molecule has 0 fully saturated rings. The van der Waals surface area contributed by atoms with E-state index in [1.54, 1.807) is 5.32 Å². The summed E-state index contributed by atoms with van der Waals surface area (Å²) in [5, 5.41) is 4.58. The zero-order chi connectivity index (χ0) is 26.0. The third-order valence-corrected chi connectivity index (χ3v) is 5.45. The van der Waals surface area contributed by atoms with Crippen molar-refractivity contribution in [1.82, 2.24) is 0 Å². The van der Waals surface area contributed by atoms with E-state index in [0.29, 0.717) is 5.69 Å². The molecule has 0 radical (unpaired) electrons. The lowest BCUT2D eigenvalue weighted by Crippen LogP contribution is -2.19. The van der Waals surface area contributed by atoms with Crippen LogP contribution in [0.15, 0.2) is 42.5 Å². The molecule has 3 rings (SSSR count). The minimum atomic E-state index is -2.33. The van der Waals surface area contributed by atoms with E-state index in [2.05, 4.69) is 5.32 Å². The van der Waals surface area contributed by atoms with Crippen LogP contribution in [0.1, 0.15) is 71.4 Å². The molecule has 184 valence electrons. The Kier molecular flexibility index (Phi) is 7.57. The molecule has 0 atom stereocenters. The van der Waals surface area contributed by atoms with Gasteiger partial charge >= 0.3 is 0 Å². The van der Waals surface area contributed by atoms with Crippen LogP contribution in [0.3, 0.4) is 0 Å². The predicted molar refractivity (Wildman–Crippen MR) is 123 cm³/mol. The number of benzene rings is 3. The molecular weight excluding hydrogens is 467 g/mol. The largest absolute Gasteiger partial charge is 0.321 e. The van der Waals surface area contributed by atoms with Crippen molar-refractivity contribution in [3.63, 3.8) is 0 Å². The lowest BCUT2D eigenvalue weighted by molar-refractivity contribution is 0.102. The van der Waals surface area contributed by atoms with E-state index in [-0.39, 0.29) is 23.0 Å². The number of amides is 2. The Morgan fingerprint density at radius 3 is 1.40 bits per heavy atom. The summed E-state index contributed by atoms with van der Waals surface area (Å²) in [4.78, 5) is 25.6. The van der Waals surface area contributed by atoms with Gasteiger partial charge in [-0.3, -0.25) is 9.59 Å². The molecule has 0 aliphatic heterocycles. The maximum absolute atomic E-state index is 13.9. The minimum absolute atomic E-state index is 0.0586. The number of halogens is 5. The van der Waals surface area contributed by atoms with Crippen LogP contribution in [-0.2, 0) is 0 Å². The molecule has 0 bridgehead atoms. The first kappa shape index (κ1) is 25.9. The Morgan fingerprint density at radius 1 is 0.600 bits per heavy atom. The lowest BCUT2D eigenvalue weighted by atomic mass is 9.92. The van der Waals surface area contributed by atoms with E-state index in [9.17, 15) is 31.5 Å². The Balaban J connectivity index is 1.91. The van der Waals surface area contributed by atoms with Gasteiger partial charge in [0.1, 0.15) is 5.69 Å². The summed E-state index contributed by atoms with van der Waals surface area (Å²) in [7, 11) is 0. The summed E-state index contributed by atoms with van der Waals surface area (Å²) in [5.41, 5.74) is 0.855. The number of carbonyl (C=O) groups excluding carboxylic acids is 2. The number of anilines is 2. The van der Waals surface area contributed by atoms with Crippen molar-refractivity contribution in [2.45, 2.75) is 39.5 Å². The number of carbonyl (C=O) groups is 2. The zero-order valence-electron chi connectivity index (χ0n) is 19.4. The fourth-order valence-electron chi connectivity index (χ4n) is 3.58. The monoisotopic (exact) mass is 490 g/mol. The Hall–Kier alpha value is -3.75. The first-order valence-corrected chi connectivity index (χ1v) is 10.8. The summed E-state index contributed by atoms with van der Waals surface area (Å²) in [6.07, 6.45) is 0. The third kappa shape index (κ3) is 5.18. The molecule has 2 N–H and O–H groups in total. The highest BCUT2D eigenvalue weighted by Gasteiger charge is 2.27. The van der Waals surface area contributed by atoms with Crippen LogP contribution in [0, 0.1) is 29.1 Å². The molecule has 3 aromatic rings.